The van der Waals surface area contributed by atoms with Gasteiger partial charge in [0.05, 0.1) is 0 Å². The second-order valence-electron chi connectivity index (χ2n) is 2.88. The molecule has 0 fully saturated rings. The predicted octanol–water partition coefficient (Wildman–Crippen LogP) is 0.586. The summed E-state index contributed by atoms with van der Waals surface area (Å²) >= 11 is 0. The summed E-state index contributed by atoms with van der Waals surface area (Å²) in [6.07, 6.45) is 2.30. The van der Waals surface area contributed by atoms with Crippen LogP contribution in [0.2, 0.25) is 0 Å². The van der Waals surface area contributed by atoms with Gasteiger partial charge in [0.25, 0.3) is 0 Å². The minimum atomic E-state index is 0.351. The molecule has 0 atom stereocenters. The highest BCUT2D eigenvalue weighted by Gasteiger charge is 1.99. The van der Waals surface area contributed by atoms with E-state index >= 15 is 0 Å². The fraction of sp³-hybridized carbons (Fsp3) is 0.625. The van der Waals surface area contributed by atoms with Gasteiger partial charge in [0.2, 0.25) is 0 Å². The zero-order chi connectivity index (χ0) is 8.85. The molecule has 1 N–H and O–H groups in total. The van der Waals surface area contributed by atoms with Crippen LogP contribution in [0.25, 0.3) is 0 Å². The van der Waals surface area contributed by atoms with Gasteiger partial charge in [0.15, 0.2) is 0 Å². The van der Waals surface area contributed by atoms with Crippen molar-refractivity contribution in [3.63, 3.8) is 0 Å². The molecule has 0 heterocycles. The summed E-state index contributed by atoms with van der Waals surface area (Å²) in [7, 11) is 3.79. The molecule has 0 saturated heterocycles. The van der Waals surface area contributed by atoms with E-state index in [4.69, 9.17) is 0 Å². The molecule has 0 aliphatic carbocycles. The average Bonchev–Trinajstić information content (AvgIpc) is 1.86. The first kappa shape index (κ1) is 10.0. The van der Waals surface area contributed by atoms with Crippen LogP contribution < -0.4 is 5.32 Å². The highest BCUT2D eigenvalue weighted by atomic mass is 16.1. The molecule has 11 heavy (non-hydrogen) atoms. The summed E-state index contributed by atoms with van der Waals surface area (Å²) in [4.78, 5) is 12.0. The van der Waals surface area contributed by atoms with Crippen LogP contribution in [-0.2, 0) is 4.79 Å². The van der Waals surface area contributed by atoms with Crippen LogP contribution in [0.3, 0.4) is 0 Å². The standard InChI is InChI=1S/C8H16N2O/c1-7(2)9-8(5-6-11)10(3)4/h5-7,9H,1-4H3/b8-5+. The Kier molecular flexibility index (Phi) is 4.34. The molecule has 0 aromatic rings. The fourth-order valence-electron chi connectivity index (χ4n) is 0.686. The predicted molar refractivity (Wildman–Crippen MR) is 46.1 cm³/mol. The van der Waals surface area contributed by atoms with Crippen molar-refractivity contribution in [2.45, 2.75) is 19.9 Å². The second kappa shape index (κ2) is 4.77. The molecule has 0 aromatic carbocycles. The van der Waals surface area contributed by atoms with Crippen LogP contribution in [0.4, 0.5) is 0 Å². The van der Waals surface area contributed by atoms with Crippen LogP contribution >= 0.6 is 0 Å². The molecule has 0 aromatic heterocycles. The van der Waals surface area contributed by atoms with E-state index < -0.39 is 0 Å². The molecular formula is C8H16N2O. The van der Waals surface area contributed by atoms with Crippen molar-refractivity contribution in [1.29, 1.82) is 0 Å². The smallest absolute Gasteiger partial charge is 0.146 e. The van der Waals surface area contributed by atoms with Crippen molar-refractivity contribution < 1.29 is 4.79 Å². The molecule has 0 amide bonds. The lowest BCUT2D eigenvalue weighted by atomic mass is 10.4. The molecule has 0 rings (SSSR count). The van der Waals surface area contributed by atoms with E-state index in [2.05, 4.69) is 5.32 Å². The summed E-state index contributed by atoms with van der Waals surface area (Å²) in [5.74, 6) is 0.843. The molecule has 0 aliphatic rings. The molecule has 0 aliphatic heterocycles. The Morgan fingerprint density at radius 2 is 2.00 bits per heavy atom. The summed E-state index contributed by atoms with van der Waals surface area (Å²) in [5, 5.41) is 3.14. The van der Waals surface area contributed by atoms with Gasteiger partial charge >= 0.3 is 0 Å². The molecule has 3 nitrogen and oxygen atoms in total. The number of rotatable bonds is 4. The Morgan fingerprint density at radius 3 is 2.27 bits per heavy atom. The Balaban J connectivity index is 4.11. The van der Waals surface area contributed by atoms with Crippen molar-refractivity contribution in [1.82, 2.24) is 10.2 Å². The highest BCUT2D eigenvalue weighted by molar-refractivity contribution is 5.65. The van der Waals surface area contributed by atoms with E-state index in [1.165, 1.54) is 6.08 Å². The molecule has 0 radical (unpaired) electrons. The van der Waals surface area contributed by atoms with Gasteiger partial charge in [-0.2, -0.15) is 0 Å². The van der Waals surface area contributed by atoms with Crippen LogP contribution in [0.15, 0.2) is 11.9 Å². The highest BCUT2D eigenvalue weighted by Crippen LogP contribution is 1.93. The lowest BCUT2D eigenvalue weighted by molar-refractivity contribution is -0.104. The zero-order valence-corrected chi connectivity index (χ0v) is 7.59. The molecule has 0 bridgehead atoms. The van der Waals surface area contributed by atoms with E-state index in [-0.39, 0.29) is 0 Å². The number of aldehydes is 1. The number of hydrogen-bond donors (Lipinski definition) is 1. The van der Waals surface area contributed by atoms with E-state index in [0.717, 1.165) is 12.1 Å². The monoisotopic (exact) mass is 156 g/mol. The van der Waals surface area contributed by atoms with Crippen LogP contribution in [0, 0.1) is 0 Å². The second-order valence-corrected chi connectivity index (χ2v) is 2.88. The number of allylic oxidation sites excluding steroid dienone is 1. The molecule has 0 unspecified atom stereocenters. The minimum absolute atomic E-state index is 0.351. The Labute approximate surface area is 68.1 Å². The van der Waals surface area contributed by atoms with Gasteiger partial charge in [-0.1, -0.05) is 0 Å². The van der Waals surface area contributed by atoms with Crippen molar-refractivity contribution in [2.75, 3.05) is 14.1 Å². The fourth-order valence-corrected chi connectivity index (χ4v) is 0.686. The quantitative estimate of drug-likeness (QED) is 0.477. The minimum Gasteiger partial charge on any atom is -0.369 e. The lowest BCUT2D eigenvalue weighted by Gasteiger charge is -2.20. The van der Waals surface area contributed by atoms with E-state index in [9.17, 15) is 4.79 Å². The first-order valence-electron chi connectivity index (χ1n) is 3.67. The summed E-state index contributed by atoms with van der Waals surface area (Å²) in [6, 6.07) is 0.351. The van der Waals surface area contributed by atoms with Gasteiger partial charge in [0, 0.05) is 26.2 Å². The van der Waals surface area contributed by atoms with Crippen LogP contribution in [-0.4, -0.2) is 31.3 Å². The third kappa shape index (κ3) is 4.42. The third-order valence-corrected chi connectivity index (χ3v) is 1.14. The van der Waals surface area contributed by atoms with Crippen LogP contribution in [0.1, 0.15) is 13.8 Å². The number of carbonyl (C=O) groups is 1. The van der Waals surface area contributed by atoms with Gasteiger partial charge < -0.3 is 10.2 Å². The van der Waals surface area contributed by atoms with Gasteiger partial charge in [-0.05, 0) is 13.8 Å². The maximum atomic E-state index is 10.2. The van der Waals surface area contributed by atoms with E-state index in [0.29, 0.717) is 6.04 Å². The van der Waals surface area contributed by atoms with Crippen molar-refractivity contribution in [2.24, 2.45) is 0 Å². The summed E-state index contributed by atoms with van der Waals surface area (Å²) in [5.41, 5.74) is 0. The summed E-state index contributed by atoms with van der Waals surface area (Å²) < 4.78 is 0. The lowest BCUT2D eigenvalue weighted by Crippen LogP contribution is -2.30. The largest absolute Gasteiger partial charge is 0.369 e. The number of nitrogens with zero attached hydrogens (tertiary/aromatic N) is 1. The third-order valence-electron chi connectivity index (χ3n) is 1.14. The molecule has 3 heteroatoms. The first-order valence-corrected chi connectivity index (χ1v) is 3.67. The Bertz CT molecular complexity index is 150. The average molecular weight is 156 g/mol. The van der Waals surface area contributed by atoms with Gasteiger partial charge in [-0.3, -0.25) is 4.79 Å². The van der Waals surface area contributed by atoms with Gasteiger partial charge in [-0.15, -0.1) is 0 Å². The topological polar surface area (TPSA) is 32.3 Å². The van der Waals surface area contributed by atoms with Gasteiger partial charge in [-0.25, -0.2) is 0 Å². The zero-order valence-electron chi connectivity index (χ0n) is 7.59. The summed E-state index contributed by atoms with van der Waals surface area (Å²) in [6.45, 7) is 4.06. The van der Waals surface area contributed by atoms with E-state index in [1.807, 2.05) is 32.8 Å². The normalized spacial score (nSPS) is 11.5. The van der Waals surface area contributed by atoms with Crippen LogP contribution in [0.5, 0.6) is 0 Å². The van der Waals surface area contributed by atoms with E-state index in [1.54, 1.807) is 0 Å². The number of nitrogens with one attached hydrogen (secondary N) is 1. The Hall–Kier alpha value is -0.990. The molecular weight excluding hydrogens is 140 g/mol. The van der Waals surface area contributed by atoms with Crippen molar-refractivity contribution in [3.05, 3.63) is 11.9 Å². The SMILES string of the molecule is CC(C)N/C(=C\C=O)N(C)C. The molecule has 0 spiro atoms. The molecule has 0 saturated carbocycles. The molecule has 64 valence electrons. The maximum Gasteiger partial charge on any atom is 0.146 e. The number of carbonyl (C=O) groups excluding carboxylic acids is 1. The first-order chi connectivity index (χ1) is 5.07. The number of hydrogen-bond acceptors (Lipinski definition) is 3. The maximum absolute atomic E-state index is 10.2. The van der Waals surface area contributed by atoms with Gasteiger partial charge in [0.1, 0.15) is 12.1 Å². The Morgan fingerprint density at radius 1 is 1.45 bits per heavy atom. The van der Waals surface area contributed by atoms with Crippen molar-refractivity contribution >= 4 is 6.29 Å². The van der Waals surface area contributed by atoms with Crippen molar-refractivity contribution in [3.8, 4) is 0 Å².